The zero-order valence-electron chi connectivity index (χ0n) is 11.2. The molecular formula is C14H15NO5. The van der Waals surface area contributed by atoms with Gasteiger partial charge in [0.05, 0.1) is 7.11 Å². The summed E-state index contributed by atoms with van der Waals surface area (Å²) in [5, 5.41) is 18.2. The molecule has 1 aromatic heterocycles. The lowest BCUT2D eigenvalue weighted by Gasteiger charge is -2.10. The molecule has 0 aliphatic rings. The van der Waals surface area contributed by atoms with E-state index in [2.05, 4.69) is 16.3 Å². The van der Waals surface area contributed by atoms with Crippen LogP contribution in [0.5, 0.6) is 0 Å². The molecule has 20 heavy (non-hydrogen) atoms. The molecule has 1 rings (SSSR count). The van der Waals surface area contributed by atoms with E-state index in [9.17, 15) is 14.7 Å². The number of aromatic carboxylic acids is 1. The average molecular weight is 277 g/mol. The van der Waals surface area contributed by atoms with Crippen LogP contribution in [0.15, 0.2) is 30.5 Å². The first-order valence-electron chi connectivity index (χ1n) is 5.82. The Bertz CT molecular complexity index is 589. The standard InChI is InChI=1S/C14H15NO5/c1-4-9(7-8(2)16)10-5-6-11(13(17)18)15-12(10)14(19)20-3/h5-7,16H,2,4H2,1,3H3,(H,17,18)/b9-7+. The molecule has 1 heterocycles. The normalized spacial score (nSPS) is 11.0. The fourth-order valence-electron chi connectivity index (χ4n) is 1.66. The van der Waals surface area contributed by atoms with Crippen molar-refractivity contribution in [3.05, 3.63) is 47.5 Å². The number of carbonyl (C=O) groups is 2. The summed E-state index contributed by atoms with van der Waals surface area (Å²) in [6.07, 6.45) is 1.89. The number of hydrogen-bond donors (Lipinski definition) is 2. The third kappa shape index (κ3) is 3.44. The third-order valence-corrected chi connectivity index (χ3v) is 2.56. The number of aliphatic hydroxyl groups is 1. The predicted molar refractivity (Wildman–Crippen MR) is 72.6 cm³/mol. The monoisotopic (exact) mass is 277 g/mol. The van der Waals surface area contributed by atoms with Crippen LogP contribution in [-0.4, -0.2) is 34.2 Å². The van der Waals surface area contributed by atoms with Gasteiger partial charge in [-0.25, -0.2) is 14.6 Å². The fourth-order valence-corrected chi connectivity index (χ4v) is 1.66. The van der Waals surface area contributed by atoms with Gasteiger partial charge in [-0.3, -0.25) is 0 Å². The number of carbonyl (C=O) groups excluding carboxylic acids is 1. The molecule has 0 saturated heterocycles. The topological polar surface area (TPSA) is 96.7 Å². The molecule has 0 spiro atoms. The Morgan fingerprint density at radius 3 is 2.50 bits per heavy atom. The molecule has 106 valence electrons. The minimum atomic E-state index is -1.24. The lowest BCUT2D eigenvalue weighted by atomic mass is 10.0. The molecular weight excluding hydrogens is 262 g/mol. The summed E-state index contributed by atoms with van der Waals surface area (Å²) in [5.41, 5.74) is 0.635. The van der Waals surface area contributed by atoms with E-state index in [1.807, 2.05) is 6.92 Å². The summed E-state index contributed by atoms with van der Waals surface area (Å²) in [7, 11) is 1.18. The second-order valence-corrected chi connectivity index (χ2v) is 3.90. The number of aromatic nitrogens is 1. The van der Waals surface area contributed by atoms with E-state index in [0.29, 0.717) is 17.6 Å². The van der Waals surface area contributed by atoms with Gasteiger partial charge >= 0.3 is 11.9 Å². The highest BCUT2D eigenvalue weighted by Gasteiger charge is 2.19. The third-order valence-electron chi connectivity index (χ3n) is 2.56. The molecule has 0 atom stereocenters. The summed E-state index contributed by atoms with van der Waals surface area (Å²) in [6.45, 7) is 5.18. The van der Waals surface area contributed by atoms with Gasteiger partial charge < -0.3 is 14.9 Å². The maximum Gasteiger partial charge on any atom is 0.357 e. The maximum atomic E-state index is 11.7. The largest absolute Gasteiger partial charge is 0.509 e. The van der Waals surface area contributed by atoms with E-state index >= 15 is 0 Å². The quantitative estimate of drug-likeness (QED) is 0.487. The molecule has 0 bridgehead atoms. The number of nitrogens with zero attached hydrogens (tertiary/aromatic N) is 1. The Morgan fingerprint density at radius 2 is 2.05 bits per heavy atom. The first-order chi connectivity index (χ1) is 9.40. The molecule has 6 nitrogen and oxygen atoms in total. The second-order valence-electron chi connectivity index (χ2n) is 3.90. The van der Waals surface area contributed by atoms with E-state index in [-0.39, 0.29) is 17.1 Å². The molecule has 6 heteroatoms. The van der Waals surface area contributed by atoms with Gasteiger partial charge in [0.2, 0.25) is 0 Å². The van der Waals surface area contributed by atoms with Crippen LogP contribution in [0.25, 0.3) is 5.57 Å². The number of pyridine rings is 1. The van der Waals surface area contributed by atoms with Crippen molar-refractivity contribution in [3.63, 3.8) is 0 Å². The van der Waals surface area contributed by atoms with Crippen LogP contribution in [0.2, 0.25) is 0 Å². The van der Waals surface area contributed by atoms with Crippen molar-refractivity contribution >= 4 is 17.5 Å². The van der Waals surface area contributed by atoms with Gasteiger partial charge in [0.1, 0.15) is 11.5 Å². The van der Waals surface area contributed by atoms with Gasteiger partial charge in [0.25, 0.3) is 0 Å². The van der Waals surface area contributed by atoms with Crippen molar-refractivity contribution in [2.24, 2.45) is 0 Å². The Labute approximate surface area is 116 Å². The van der Waals surface area contributed by atoms with Crippen molar-refractivity contribution in [2.45, 2.75) is 13.3 Å². The van der Waals surface area contributed by atoms with E-state index in [0.717, 1.165) is 0 Å². The van der Waals surface area contributed by atoms with Crippen LogP contribution >= 0.6 is 0 Å². The van der Waals surface area contributed by atoms with Gasteiger partial charge in [0.15, 0.2) is 5.69 Å². The first-order valence-corrected chi connectivity index (χ1v) is 5.82. The second kappa shape index (κ2) is 6.51. The highest BCUT2D eigenvalue weighted by molar-refractivity contribution is 5.95. The maximum absolute atomic E-state index is 11.7. The first kappa shape index (κ1) is 15.4. The fraction of sp³-hybridized carbons (Fsp3) is 0.214. The van der Waals surface area contributed by atoms with Crippen molar-refractivity contribution < 1.29 is 24.5 Å². The number of allylic oxidation sites excluding steroid dienone is 2. The van der Waals surface area contributed by atoms with Gasteiger partial charge in [-0.05, 0) is 30.2 Å². The average Bonchev–Trinajstić information content (AvgIpc) is 2.43. The minimum Gasteiger partial charge on any atom is -0.509 e. The summed E-state index contributed by atoms with van der Waals surface area (Å²) in [5.74, 6) is -2.15. The van der Waals surface area contributed by atoms with Crippen LogP contribution in [-0.2, 0) is 4.74 Å². The number of methoxy groups -OCH3 is 1. The van der Waals surface area contributed by atoms with Gasteiger partial charge in [0, 0.05) is 5.56 Å². The number of carboxylic acids is 1. The van der Waals surface area contributed by atoms with Crippen LogP contribution in [0.1, 0.15) is 39.9 Å². The van der Waals surface area contributed by atoms with Crippen LogP contribution in [0, 0.1) is 0 Å². The van der Waals surface area contributed by atoms with E-state index in [1.54, 1.807) is 0 Å². The number of rotatable bonds is 5. The molecule has 0 aromatic carbocycles. The number of esters is 1. The van der Waals surface area contributed by atoms with Crippen LogP contribution in [0.3, 0.4) is 0 Å². The van der Waals surface area contributed by atoms with Crippen LogP contribution in [0.4, 0.5) is 0 Å². The Kier molecular flexibility index (Phi) is 5.02. The van der Waals surface area contributed by atoms with E-state index < -0.39 is 11.9 Å². The van der Waals surface area contributed by atoms with Crippen molar-refractivity contribution in [3.8, 4) is 0 Å². The summed E-state index contributed by atoms with van der Waals surface area (Å²) in [6, 6.07) is 2.74. The molecule has 0 fully saturated rings. The van der Waals surface area contributed by atoms with E-state index in [1.165, 1.54) is 25.3 Å². The van der Waals surface area contributed by atoms with Gasteiger partial charge in [-0.1, -0.05) is 13.5 Å². The highest BCUT2D eigenvalue weighted by atomic mass is 16.5. The lowest BCUT2D eigenvalue weighted by Crippen LogP contribution is -2.12. The number of carboxylic acid groups (broad SMARTS) is 1. The number of aliphatic hydroxyl groups excluding tert-OH is 1. The molecule has 2 N–H and O–H groups in total. The Hall–Kier alpha value is -2.63. The minimum absolute atomic E-state index is 0.109. The molecule has 0 radical (unpaired) electrons. The van der Waals surface area contributed by atoms with Crippen molar-refractivity contribution in [2.75, 3.05) is 7.11 Å². The predicted octanol–water partition coefficient (Wildman–Crippen LogP) is 2.43. The SMILES string of the molecule is C=C(O)/C=C(\CC)c1ccc(C(=O)O)nc1C(=O)OC. The van der Waals surface area contributed by atoms with E-state index in [4.69, 9.17) is 5.11 Å². The molecule has 0 saturated carbocycles. The van der Waals surface area contributed by atoms with Gasteiger partial charge in [-0.2, -0.15) is 0 Å². The zero-order valence-corrected chi connectivity index (χ0v) is 11.2. The molecule has 0 unspecified atom stereocenters. The Morgan fingerprint density at radius 1 is 1.40 bits per heavy atom. The van der Waals surface area contributed by atoms with Crippen molar-refractivity contribution in [1.82, 2.24) is 4.98 Å². The number of ether oxygens (including phenoxy) is 1. The molecule has 0 aliphatic carbocycles. The molecule has 0 amide bonds. The smallest absolute Gasteiger partial charge is 0.357 e. The summed E-state index contributed by atoms with van der Waals surface area (Å²) in [4.78, 5) is 26.4. The zero-order chi connectivity index (χ0) is 15.3. The molecule has 0 aliphatic heterocycles. The summed E-state index contributed by atoms with van der Waals surface area (Å²) < 4.78 is 4.60. The van der Waals surface area contributed by atoms with Crippen molar-refractivity contribution in [1.29, 1.82) is 0 Å². The lowest BCUT2D eigenvalue weighted by molar-refractivity contribution is 0.0593. The van der Waals surface area contributed by atoms with Crippen LogP contribution < -0.4 is 0 Å². The number of hydrogen-bond acceptors (Lipinski definition) is 5. The summed E-state index contributed by atoms with van der Waals surface area (Å²) >= 11 is 0. The highest BCUT2D eigenvalue weighted by Crippen LogP contribution is 2.23. The van der Waals surface area contributed by atoms with Gasteiger partial charge in [-0.15, -0.1) is 0 Å². The molecule has 1 aromatic rings. The Balaban J connectivity index is 3.49.